The maximum atomic E-state index is 11.3. The third kappa shape index (κ3) is 2.42. The van der Waals surface area contributed by atoms with E-state index in [1.165, 1.54) is 17.2 Å². The number of aromatic nitrogens is 1. The Kier molecular flexibility index (Phi) is 3.90. The van der Waals surface area contributed by atoms with Crippen LogP contribution in [0.5, 0.6) is 0 Å². The van der Waals surface area contributed by atoms with Crippen LogP contribution < -0.4 is 10.6 Å². The summed E-state index contributed by atoms with van der Waals surface area (Å²) in [5, 5.41) is 9.25. The van der Waals surface area contributed by atoms with Crippen molar-refractivity contribution in [3.63, 3.8) is 0 Å². The first-order chi connectivity index (χ1) is 8.32. The predicted octanol–water partition coefficient (Wildman–Crippen LogP) is 0.870. The van der Waals surface area contributed by atoms with E-state index in [9.17, 15) is 14.7 Å². The van der Waals surface area contributed by atoms with Crippen LogP contribution in [0.25, 0.3) is 0 Å². The summed E-state index contributed by atoms with van der Waals surface area (Å²) in [6.45, 7) is 5.30. The van der Waals surface area contributed by atoms with Crippen LogP contribution in [0.4, 0.5) is 5.82 Å². The van der Waals surface area contributed by atoms with Gasteiger partial charge in [0.05, 0.1) is 5.56 Å². The molecule has 0 aromatic carbocycles. The summed E-state index contributed by atoms with van der Waals surface area (Å²) in [5.41, 5.74) is 4.32. The molecule has 98 valence electrons. The lowest BCUT2D eigenvalue weighted by Crippen LogP contribution is -2.51. The highest BCUT2D eigenvalue weighted by Gasteiger charge is 2.36. The van der Waals surface area contributed by atoms with Gasteiger partial charge in [-0.3, -0.25) is 4.79 Å². The van der Waals surface area contributed by atoms with Crippen LogP contribution in [0.2, 0.25) is 0 Å². The molecule has 6 heteroatoms. The van der Waals surface area contributed by atoms with E-state index in [2.05, 4.69) is 4.98 Å². The number of primary amides is 1. The molecule has 0 spiro atoms. The maximum absolute atomic E-state index is 11.3. The van der Waals surface area contributed by atoms with Crippen molar-refractivity contribution in [3.8, 4) is 0 Å². The average Bonchev–Trinajstić information content (AvgIpc) is 2.29. The van der Waals surface area contributed by atoms with Crippen molar-refractivity contribution in [1.29, 1.82) is 0 Å². The smallest absolute Gasteiger partial charge is 0.328 e. The first kappa shape index (κ1) is 14.0. The van der Waals surface area contributed by atoms with Crippen LogP contribution in [0.1, 0.15) is 31.1 Å². The van der Waals surface area contributed by atoms with E-state index in [1.807, 2.05) is 0 Å². The first-order valence-corrected chi connectivity index (χ1v) is 5.58. The van der Waals surface area contributed by atoms with Crippen molar-refractivity contribution in [1.82, 2.24) is 4.98 Å². The Morgan fingerprint density at radius 2 is 2.11 bits per heavy atom. The number of carbonyl (C=O) groups excluding carboxylic acids is 1. The second-order valence-electron chi connectivity index (χ2n) is 4.35. The molecule has 0 aliphatic heterocycles. The van der Waals surface area contributed by atoms with Gasteiger partial charge in [-0.1, -0.05) is 0 Å². The van der Waals surface area contributed by atoms with Gasteiger partial charge in [0.15, 0.2) is 0 Å². The fraction of sp³-hybridized carbons (Fsp3) is 0.417. The van der Waals surface area contributed by atoms with E-state index >= 15 is 0 Å². The first-order valence-electron chi connectivity index (χ1n) is 5.58. The highest BCUT2D eigenvalue weighted by Crippen LogP contribution is 2.25. The van der Waals surface area contributed by atoms with Gasteiger partial charge in [0.1, 0.15) is 11.4 Å². The van der Waals surface area contributed by atoms with Crippen molar-refractivity contribution in [2.24, 2.45) is 5.73 Å². The number of pyridine rings is 1. The van der Waals surface area contributed by atoms with Gasteiger partial charge in [0.2, 0.25) is 0 Å². The quantitative estimate of drug-likeness (QED) is 0.809. The SMILES string of the molecule is CCN(c1ncccc1C(N)=O)C(C)(C)C(=O)O. The molecule has 0 saturated heterocycles. The number of rotatable bonds is 5. The molecule has 0 aliphatic carbocycles. The van der Waals surface area contributed by atoms with Crippen molar-refractivity contribution in [2.75, 3.05) is 11.4 Å². The highest BCUT2D eigenvalue weighted by atomic mass is 16.4. The van der Waals surface area contributed by atoms with Gasteiger partial charge in [-0.2, -0.15) is 0 Å². The molecular formula is C12H17N3O3. The van der Waals surface area contributed by atoms with Crippen molar-refractivity contribution in [3.05, 3.63) is 23.9 Å². The summed E-state index contributed by atoms with van der Waals surface area (Å²) < 4.78 is 0. The van der Waals surface area contributed by atoms with Gasteiger partial charge in [-0.05, 0) is 32.9 Å². The van der Waals surface area contributed by atoms with Crippen molar-refractivity contribution < 1.29 is 14.7 Å². The number of nitrogens with zero attached hydrogens (tertiary/aromatic N) is 2. The molecule has 0 radical (unpaired) electrons. The van der Waals surface area contributed by atoms with Crippen molar-refractivity contribution in [2.45, 2.75) is 26.3 Å². The zero-order valence-electron chi connectivity index (χ0n) is 10.7. The molecule has 0 aliphatic rings. The normalized spacial score (nSPS) is 11.1. The maximum Gasteiger partial charge on any atom is 0.328 e. The molecule has 1 aromatic heterocycles. The number of carboxylic acid groups (broad SMARTS) is 1. The third-order valence-electron chi connectivity index (χ3n) is 2.82. The summed E-state index contributed by atoms with van der Waals surface area (Å²) >= 11 is 0. The van der Waals surface area contributed by atoms with Crippen molar-refractivity contribution >= 4 is 17.7 Å². The number of amides is 1. The minimum absolute atomic E-state index is 0.216. The van der Waals surface area contributed by atoms with Gasteiger partial charge in [0.25, 0.3) is 5.91 Å². The number of hydrogen-bond donors (Lipinski definition) is 2. The second kappa shape index (κ2) is 5.03. The third-order valence-corrected chi connectivity index (χ3v) is 2.82. The monoisotopic (exact) mass is 251 g/mol. The highest BCUT2D eigenvalue weighted by molar-refractivity contribution is 5.98. The summed E-state index contributed by atoms with van der Waals surface area (Å²) in [5.74, 6) is -1.33. The summed E-state index contributed by atoms with van der Waals surface area (Å²) in [6.07, 6.45) is 1.50. The van der Waals surface area contributed by atoms with Crippen LogP contribution >= 0.6 is 0 Å². The molecule has 0 bridgehead atoms. The molecule has 6 nitrogen and oxygen atoms in total. The van der Waals surface area contributed by atoms with Gasteiger partial charge in [-0.15, -0.1) is 0 Å². The molecule has 3 N–H and O–H groups in total. The van der Waals surface area contributed by atoms with Crippen LogP contribution in [-0.4, -0.2) is 34.1 Å². The number of hydrogen-bond acceptors (Lipinski definition) is 4. The molecular weight excluding hydrogens is 234 g/mol. The molecule has 1 aromatic rings. The van der Waals surface area contributed by atoms with E-state index in [4.69, 9.17) is 5.73 Å². The van der Waals surface area contributed by atoms with Crippen LogP contribution in [0.15, 0.2) is 18.3 Å². The van der Waals surface area contributed by atoms with Gasteiger partial charge < -0.3 is 15.7 Å². The number of carbonyl (C=O) groups is 2. The molecule has 0 unspecified atom stereocenters. The molecule has 0 atom stereocenters. The Labute approximate surface area is 105 Å². The zero-order chi connectivity index (χ0) is 13.9. The Morgan fingerprint density at radius 3 is 2.56 bits per heavy atom. The lowest BCUT2D eigenvalue weighted by Gasteiger charge is -2.35. The van der Waals surface area contributed by atoms with Crippen LogP contribution in [-0.2, 0) is 4.79 Å². The molecule has 18 heavy (non-hydrogen) atoms. The Hall–Kier alpha value is -2.11. The summed E-state index contributed by atoms with van der Waals surface area (Å²) in [4.78, 5) is 28.3. The molecule has 1 heterocycles. The minimum Gasteiger partial charge on any atom is -0.480 e. The number of likely N-dealkylation sites (N-methyl/N-ethyl adjacent to an activating group) is 1. The van der Waals surface area contributed by atoms with E-state index in [0.717, 1.165) is 0 Å². The van der Waals surface area contributed by atoms with E-state index < -0.39 is 17.4 Å². The minimum atomic E-state index is -1.17. The summed E-state index contributed by atoms with van der Waals surface area (Å²) in [7, 11) is 0. The average molecular weight is 251 g/mol. The Balaban J connectivity index is 3.34. The second-order valence-corrected chi connectivity index (χ2v) is 4.35. The summed E-state index contributed by atoms with van der Waals surface area (Å²) in [6, 6.07) is 3.12. The lowest BCUT2D eigenvalue weighted by atomic mass is 10.0. The Morgan fingerprint density at radius 1 is 1.50 bits per heavy atom. The number of anilines is 1. The van der Waals surface area contributed by atoms with E-state index in [0.29, 0.717) is 12.4 Å². The number of carboxylic acids is 1. The number of aliphatic carboxylic acids is 1. The van der Waals surface area contributed by atoms with E-state index in [1.54, 1.807) is 26.8 Å². The fourth-order valence-electron chi connectivity index (χ4n) is 1.73. The molecule has 1 amide bonds. The van der Waals surface area contributed by atoms with Gasteiger partial charge in [-0.25, -0.2) is 9.78 Å². The molecule has 0 saturated carbocycles. The van der Waals surface area contributed by atoms with Crippen LogP contribution in [0, 0.1) is 0 Å². The molecule has 1 rings (SSSR count). The number of nitrogens with two attached hydrogens (primary N) is 1. The largest absolute Gasteiger partial charge is 0.480 e. The van der Waals surface area contributed by atoms with E-state index in [-0.39, 0.29) is 5.56 Å². The fourth-order valence-corrected chi connectivity index (χ4v) is 1.73. The molecule has 0 fully saturated rings. The standard InChI is InChI=1S/C12H17N3O3/c1-4-15(12(2,3)11(17)18)10-8(9(13)16)6-5-7-14-10/h5-7H,4H2,1-3H3,(H2,13,16)(H,17,18). The topological polar surface area (TPSA) is 96.5 Å². The zero-order valence-corrected chi connectivity index (χ0v) is 10.7. The van der Waals surface area contributed by atoms with Crippen LogP contribution in [0.3, 0.4) is 0 Å². The van der Waals surface area contributed by atoms with Gasteiger partial charge in [0, 0.05) is 12.7 Å². The predicted molar refractivity (Wildman–Crippen MR) is 67.5 cm³/mol. The Bertz CT molecular complexity index is 471. The lowest BCUT2D eigenvalue weighted by molar-refractivity contribution is -0.142. The van der Waals surface area contributed by atoms with Gasteiger partial charge >= 0.3 is 5.97 Å².